The molecule has 3 nitrogen and oxygen atoms in total. The van der Waals surface area contributed by atoms with Gasteiger partial charge < -0.3 is 5.32 Å². The highest BCUT2D eigenvalue weighted by molar-refractivity contribution is 7.85. The van der Waals surface area contributed by atoms with E-state index in [-0.39, 0.29) is 0 Å². The van der Waals surface area contributed by atoms with Crippen molar-refractivity contribution in [3.05, 3.63) is 74.5 Å². The van der Waals surface area contributed by atoms with Gasteiger partial charge in [0.15, 0.2) is 5.82 Å². The minimum absolute atomic E-state index is 0.397. The van der Waals surface area contributed by atoms with Gasteiger partial charge in [-0.1, -0.05) is 41.4 Å². The lowest BCUT2D eigenvalue weighted by Crippen LogP contribution is -2.38. The Kier molecular flexibility index (Phi) is 10.5. The minimum atomic E-state index is -5.15. The minimum Gasteiger partial charge on any atom is -0.349 e. The standard InChI is InChI=1S/C23H17Cl2F10NO2S/c1-11(9-39(38)10-21(27,28)29)36-20(37)14-4-2-12(6-16(14)23(33,34)35)3-5-15(22(30,31)32)13-7-17(24)19(26)18(25)8-13/h2-8,11,15H,9-10H2,1H3,(H,36,37)/b5-3+/t11-,15?,39?/m1/s1. The Bertz CT molecular complexity index is 1240. The van der Waals surface area contributed by atoms with Gasteiger partial charge in [-0.05, 0) is 42.3 Å². The lowest BCUT2D eigenvalue weighted by atomic mass is 9.96. The molecule has 0 saturated carbocycles. The lowest BCUT2D eigenvalue weighted by molar-refractivity contribution is -0.139. The Labute approximate surface area is 227 Å². The van der Waals surface area contributed by atoms with Crippen molar-refractivity contribution in [3.8, 4) is 0 Å². The number of amides is 1. The van der Waals surface area contributed by atoms with Crippen LogP contribution < -0.4 is 5.32 Å². The summed E-state index contributed by atoms with van der Waals surface area (Å²) in [5.41, 5.74) is -3.48. The molecule has 1 amide bonds. The summed E-state index contributed by atoms with van der Waals surface area (Å²) in [5, 5.41) is 0.625. The molecule has 216 valence electrons. The Morgan fingerprint density at radius 2 is 1.56 bits per heavy atom. The molecule has 39 heavy (non-hydrogen) atoms. The maximum Gasteiger partial charge on any atom is 0.417 e. The Hall–Kier alpha value is -2.32. The second kappa shape index (κ2) is 12.5. The van der Waals surface area contributed by atoms with E-state index < -0.39 is 96.8 Å². The molecule has 16 heteroatoms. The molecule has 0 fully saturated rings. The number of hydrogen-bond acceptors (Lipinski definition) is 2. The van der Waals surface area contributed by atoms with Crippen LogP contribution in [0, 0.1) is 5.82 Å². The first kappa shape index (κ1) is 32.9. The van der Waals surface area contributed by atoms with Crippen molar-refractivity contribution < 1.29 is 52.9 Å². The predicted molar refractivity (Wildman–Crippen MR) is 127 cm³/mol. The van der Waals surface area contributed by atoms with Crippen LogP contribution in [0.1, 0.15) is 39.9 Å². The molecule has 3 atom stereocenters. The third kappa shape index (κ3) is 9.67. The second-order valence-corrected chi connectivity index (χ2v) is 10.5. The molecule has 2 aromatic rings. The molecule has 0 radical (unpaired) electrons. The van der Waals surface area contributed by atoms with Crippen molar-refractivity contribution in [2.75, 3.05) is 11.5 Å². The summed E-state index contributed by atoms with van der Waals surface area (Å²) in [6.45, 7) is 1.14. The third-order valence-corrected chi connectivity index (χ3v) is 7.00. The molecule has 2 aromatic carbocycles. The molecule has 0 aromatic heterocycles. The van der Waals surface area contributed by atoms with Gasteiger partial charge in [0.2, 0.25) is 0 Å². The van der Waals surface area contributed by atoms with E-state index in [1.165, 1.54) is 0 Å². The average molecular weight is 632 g/mol. The number of halogens is 12. The van der Waals surface area contributed by atoms with Crippen LogP contribution in [0.4, 0.5) is 43.9 Å². The summed E-state index contributed by atoms with van der Waals surface area (Å²) in [5.74, 6) is -7.31. The fraction of sp³-hybridized carbons (Fsp3) is 0.348. The largest absolute Gasteiger partial charge is 0.417 e. The monoisotopic (exact) mass is 631 g/mol. The Morgan fingerprint density at radius 3 is 2.05 bits per heavy atom. The molecule has 0 heterocycles. The van der Waals surface area contributed by atoms with E-state index in [0.717, 1.165) is 13.0 Å². The number of alkyl halides is 9. The molecular formula is C23H17Cl2F10NO2S. The SMILES string of the molecule is C[C@H](CS(=O)CC(F)(F)F)NC(=O)c1ccc(/C=C/C(c2cc(Cl)c(F)c(Cl)c2)C(F)(F)F)cc1C(F)(F)F. The first-order valence-electron chi connectivity index (χ1n) is 10.5. The number of carbonyl (C=O) groups excluding carboxylic acids is 1. The fourth-order valence-electron chi connectivity index (χ4n) is 3.33. The molecule has 0 spiro atoms. The van der Waals surface area contributed by atoms with Gasteiger partial charge in [-0.2, -0.15) is 39.5 Å². The van der Waals surface area contributed by atoms with E-state index in [9.17, 15) is 52.9 Å². The van der Waals surface area contributed by atoms with E-state index in [0.29, 0.717) is 36.4 Å². The van der Waals surface area contributed by atoms with Crippen LogP contribution in [0.15, 0.2) is 36.4 Å². The van der Waals surface area contributed by atoms with Gasteiger partial charge in [0, 0.05) is 22.6 Å². The highest BCUT2D eigenvalue weighted by Crippen LogP contribution is 2.40. The van der Waals surface area contributed by atoms with Gasteiger partial charge in [-0.3, -0.25) is 9.00 Å². The maximum absolute atomic E-state index is 13.7. The molecular weight excluding hydrogens is 615 g/mol. The number of allylic oxidation sites excluding steroid dienone is 1. The summed E-state index contributed by atoms with van der Waals surface area (Å²) in [6.07, 6.45) is -13.7. The van der Waals surface area contributed by atoms with Gasteiger partial charge in [0.25, 0.3) is 5.91 Å². The van der Waals surface area contributed by atoms with Crippen molar-refractivity contribution in [2.24, 2.45) is 0 Å². The molecule has 2 unspecified atom stereocenters. The van der Waals surface area contributed by atoms with Crippen LogP contribution in [0.3, 0.4) is 0 Å². The molecule has 1 N–H and O–H groups in total. The molecule has 2 rings (SSSR count). The molecule has 0 aliphatic carbocycles. The van der Waals surface area contributed by atoms with Crippen molar-refractivity contribution in [3.63, 3.8) is 0 Å². The van der Waals surface area contributed by atoms with Crippen LogP contribution in [0.2, 0.25) is 10.0 Å². The third-order valence-electron chi connectivity index (χ3n) is 4.93. The molecule has 0 aliphatic heterocycles. The predicted octanol–water partition coefficient (Wildman–Crippen LogP) is 7.94. The first-order chi connectivity index (χ1) is 17.7. The lowest BCUT2D eigenvalue weighted by Gasteiger charge is -2.19. The van der Waals surface area contributed by atoms with Crippen molar-refractivity contribution >= 4 is 46.0 Å². The maximum atomic E-state index is 13.7. The van der Waals surface area contributed by atoms with E-state index in [2.05, 4.69) is 0 Å². The first-order valence-corrected chi connectivity index (χ1v) is 12.8. The van der Waals surface area contributed by atoms with Crippen LogP contribution in [-0.2, 0) is 17.0 Å². The van der Waals surface area contributed by atoms with E-state index >= 15 is 0 Å². The number of nitrogens with one attached hydrogen (secondary N) is 1. The number of rotatable bonds is 8. The second-order valence-electron chi connectivity index (χ2n) is 8.22. The fourth-order valence-corrected chi connectivity index (χ4v) is 4.96. The van der Waals surface area contributed by atoms with E-state index in [1.54, 1.807) is 0 Å². The van der Waals surface area contributed by atoms with Crippen molar-refractivity contribution in [2.45, 2.75) is 37.4 Å². The number of benzene rings is 2. The van der Waals surface area contributed by atoms with Crippen LogP contribution in [0.25, 0.3) is 6.08 Å². The van der Waals surface area contributed by atoms with Gasteiger partial charge in [0.05, 0.1) is 27.1 Å². The average Bonchev–Trinajstić information content (AvgIpc) is 2.74. The summed E-state index contributed by atoms with van der Waals surface area (Å²) in [6, 6.07) is 2.11. The van der Waals surface area contributed by atoms with Crippen LogP contribution in [-0.4, -0.2) is 40.0 Å². The van der Waals surface area contributed by atoms with Gasteiger partial charge >= 0.3 is 18.5 Å². The van der Waals surface area contributed by atoms with E-state index in [1.807, 2.05) is 5.32 Å². The van der Waals surface area contributed by atoms with Crippen molar-refractivity contribution in [1.82, 2.24) is 5.32 Å². The zero-order valence-corrected chi connectivity index (χ0v) is 21.7. The molecule has 0 bridgehead atoms. The Balaban J connectivity index is 2.36. The highest BCUT2D eigenvalue weighted by Gasteiger charge is 2.40. The highest BCUT2D eigenvalue weighted by atomic mass is 35.5. The topological polar surface area (TPSA) is 46.2 Å². The summed E-state index contributed by atoms with van der Waals surface area (Å²) >= 11 is 11.1. The van der Waals surface area contributed by atoms with Crippen LogP contribution >= 0.6 is 23.2 Å². The van der Waals surface area contributed by atoms with Crippen molar-refractivity contribution in [1.29, 1.82) is 0 Å². The summed E-state index contributed by atoms with van der Waals surface area (Å²) in [4.78, 5) is 12.4. The van der Waals surface area contributed by atoms with Gasteiger partial charge in [-0.15, -0.1) is 0 Å². The summed E-state index contributed by atoms with van der Waals surface area (Å²) < 4.78 is 144. The summed E-state index contributed by atoms with van der Waals surface area (Å²) in [7, 11) is -2.45. The van der Waals surface area contributed by atoms with Gasteiger partial charge in [-0.25, -0.2) is 4.39 Å². The molecule has 0 aliphatic rings. The molecule has 0 saturated heterocycles. The normalized spacial score (nSPS) is 15.3. The number of carbonyl (C=O) groups is 1. The quantitative estimate of drug-likeness (QED) is 0.237. The van der Waals surface area contributed by atoms with Crippen LogP contribution in [0.5, 0.6) is 0 Å². The van der Waals surface area contributed by atoms with Gasteiger partial charge in [0.1, 0.15) is 5.75 Å². The van der Waals surface area contributed by atoms with E-state index in [4.69, 9.17) is 23.2 Å². The zero-order chi connectivity index (χ0) is 29.9. The zero-order valence-electron chi connectivity index (χ0n) is 19.4. The number of hydrogen-bond donors (Lipinski definition) is 1. The Morgan fingerprint density at radius 1 is 1.00 bits per heavy atom. The smallest absolute Gasteiger partial charge is 0.349 e.